The normalized spacial score (nSPS) is 9.83. The van der Waals surface area contributed by atoms with Crippen LogP contribution < -0.4 is 17.7 Å². The van der Waals surface area contributed by atoms with Crippen molar-refractivity contribution >= 4 is 0 Å². The average molecular weight is 263 g/mol. The number of halogens is 1. The maximum Gasteiger partial charge on any atom is 0.0685 e. The van der Waals surface area contributed by atoms with E-state index in [1.807, 2.05) is 42.5 Å². The maximum atomic E-state index is 9.21. The van der Waals surface area contributed by atoms with Crippen LogP contribution in [-0.2, 0) is 19.7 Å². The summed E-state index contributed by atoms with van der Waals surface area (Å²) in [7, 11) is 0. The van der Waals surface area contributed by atoms with Gasteiger partial charge in [0.05, 0.1) is 6.61 Å². The van der Waals surface area contributed by atoms with Crippen LogP contribution >= 0.6 is 0 Å². The minimum absolute atomic E-state index is 0. The standard InChI is InChI=1S/C15H17NO.ClH/c17-12-15-9-5-4-8-14(15)11-16-10-13-6-2-1-3-7-13;/h1-9,16-17H,10-12H2;1H/p-1. The third-order valence-electron chi connectivity index (χ3n) is 2.78. The van der Waals surface area contributed by atoms with Crippen LogP contribution in [0.2, 0.25) is 0 Å². The zero-order valence-corrected chi connectivity index (χ0v) is 10.9. The van der Waals surface area contributed by atoms with Gasteiger partial charge < -0.3 is 22.8 Å². The number of hydrogen-bond acceptors (Lipinski definition) is 2. The molecule has 0 amide bonds. The molecule has 18 heavy (non-hydrogen) atoms. The first-order valence-electron chi connectivity index (χ1n) is 5.82. The lowest BCUT2D eigenvalue weighted by Crippen LogP contribution is -3.00. The Morgan fingerprint density at radius 1 is 0.778 bits per heavy atom. The predicted molar refractivity (Wildman–Crippen MR) is 69.4 cm³/mol. The second kappa shape index (κ2) is 7.88. The van der Waals surface area contributed by atoms with Gasteiger partial charge in [-0.25, -0.2) is 0 Å². The number of aliphatic hydroxyl groups is 1. The summed E-state index contributed by atoms with van der Waals surface area (Å²) in [5.74, 6) is 0. The van der Waals surface area contributed by atoms with Gasteiger partial charge in [0, 0.05) is 13.1 Å². The molecule has 0 aliphatic rings. The van der Waals surface area contributed by atoms with Gasteiger partial charge in [0.15, 0.2) is 0 Å². The van der Waals surface area contributed by atoms with Crippen LogP contribution in [0.5, 0.6) is 0 Å². The number of benzene rings is 2. The van der Waals surface area contributed by atoms with Crippen molar-refractivity contribution in [2.24, 2.45) is 0 Å². The molecule has 2 nitrogen and oxygen atoms in total. The van der Waals surface area contributed by atoms with E-state index in [0.29, 0.717) is 0 Å². The highest BCUT2D eigenvalue weighted by molar-refractivity contribution is 5.26. The van der Waals surface area contributed by atoms with Crippen LogP contribution in [0.3, 0.4) is 0 Å². The number of aliphatic hydroxyl groups excluding tert-OH is 1. The Balaban J connectivity index is 0.00000162. The van der Waals surface area contributed by atoms with E-state index in [-0.39, 0.29) is 19.0 Å². The van der Waals surface area contributed by atoms with Crippen LogP contribution in [0, 0.1) is 0 Å². The van der Waals surface area contributed by atoms with Crippen molar-refractivity contribution in [1.82, 2.24) is 5.32 Å². The van der Waals surface area contributed by atoms with Gasteiger partial charge in [0.1, 0.15) is 0 Å². The highest BCUT2D eigenvalue weighted by atomic mass is 35.5. The van der Waals surface area contributed by atoms with Crippen LogP contribution in [0.1, 0.15) is 16.7 Å². The molecule has 0 aliphatic heterocycles. The Hall–Kier alpha value is -1.35. The molecule has 0 aliphatic carbocycles. The number of hydrogen-bond donors (Lipinski definition) is 2. The predicted octanol–water partition coefficient (Wildman–Crippen LogP) is -0.527. The molecule has 96 valence electrons. The minimum Gasteiger partial charge on any atom is -1.00 e. The van der Waals surface area contributed by atoms with Gasteiger partial charge in [-0.1, -0.05) is 54.6 Å². The van der Waals surface area contributed by atoms with Gasteiger partial charge >= 0.3 is 0 Å². The van der Waals surface area contributed by atoms with Gasteiger partial charge in [0.2, 0.25) is 0 Å². The van der Waals surface area contributed by atoms with Gasteiger partial charge in [-0.3, -0.25) is 0 Å². The van der Waals surface area contributed by atoms with Crippen molar-refractivity contribution in [2.75, 3.05) is 0 Å². The lowest BCUT2D eigenvalue weighted by molar-refractivity contribution is -0.00000444. The fourth-order valence-corrected chi connectivity index (χ4v) is 1.82. The molecule has 0 radical (unpaired) electrons. The monoisotopic (exact) mass is 262 g/mol. The molecule has 2 aromatic carbocycles. The summed E-state index contributed by atoms with van der Waals surface area (Å²) < 4.78 is 0. The van der Waals surface area contributed by atoms with Gasteiger partial charge in [0.25, 0.3) is 0 Å². The van der Waals surface area contributed by atoms with Crippen LogP contribution in [-0.4, -0.2) is 5.11 Å². The smallest absolute Gasteiger partial charge is 0.0685 e. The highest BCUT2D eigenvalue weighted by Crippen LogP contribution is 2.08. The van der Waals surface area contributed by atoms with Crippen LogP contribution in [0.15, 0.2) is 54.6 Å². The molecule has 0 bridgehead atoms. The van der Waals surface area contributed by atoms with E-state index in [1.165, 1.54) is 5.56 Å². The summed E-state index contributed by atoms with van der Waals surface area (Å²) in [5, 5.41) is 12.6. The van der Waals surface area contributed by atoms with Crippen molar-refractivity contribution in [3.8, 4) is 0 Å². The first-order valence-corrected chi connectivity index (χ1v) is 5.82. The molecule has 0 atom stereocenters. The zero-order valence-electron chi connectivity index (χ0n) is 10.1. The van der Waals surface area contributed by atoms with Crippen molar-refractivity contribution in [2.45, 2.75) is 19.7 Å². The molecule has 2 rings (SSSR count). The number of nitrogens with one attached hydrogen (secondary N) is 1. The maximum absolute atomic E-state index is 9.21. The van der Waals surface area contributed by atoms with Gasteiger partial charge in [-0.05, 0) is 16.7 Å². The Labute approximate surface area is 114 Å². The lowest BCUT2D eigenvalue weighted by atomic mass is 10.1. The van der Waals surface area contributed by atoms with Gasteiger partial charge in [-0.15, -0.1) is 0 Å². The van der Waals surface area contributed by atoms with Crippen molar-refractivity contribution in [1.29, 1.82) is 0 Å². The quantitative estimate of drug-likeness (QED) is 0.760. The third kappa shape index (κ3) is 4.15. The fraction of sp³-hybridized carbons (Fsp3) is 0.200. The summed E-state index contributed by atoms with van der Waals surface area (Å²) in [4.78, 5) is 0. The molecular formula is C15H17ClNO-. The summed E-state index contributed by atoms with van der Waals surface area (Å²) in [6.45, 7) is 1.73. The summed E-state index contributed by atoms with van der Waals surface area (Å²) in [6.07, 6.45) is 0. The third-order valence-corrected chi connectivity index (χ3v) is 2.78. The van der Waals surface area contributed by atoms with E-state index in [0.717, 1.165) is 24.2 Å². The molecule has 2 aromatic rings. The lowest BCUT2D eigenvalue weighted by Gasteiger charge is -2.08. The molecule has 0 aromatic heterocycles. The molecular weight excluding hydrogens is 246 g/mol. The Morgan fingerprint density at radius 2 is 1.39 bits per heavy atom. The molecule has 0 heterocycles. The fourth-order valence-electron chi connectivity index (χ4n) is 1.82. The molecule has 3 heteroatoms. The van der Waals surface area contributed by atoms with E-state index < -0.39 is 0 Å². The van der Waals surface area contributed by atoms with E-state index >= 15 is 0 Å². The van der Waals surface area contributed by atoms with Crippen LogP contribution in [0.25, 0.3) is 0 Å². The Kier molecular flexibility index (Phi) is 6.44. The zero-order chi connectivity index (χ0) is 11.9. The SMILES string of the molecule is OCc1ccccc1CNCc1ccccc1.[Cl-]. The molecule has 0 saturated carbocycles. The second-order valence-corrected chi connectivity index (χ2v) is 4.02. The Bertz CT molecular complexity index is 459. The molecule has 0 spiro atoms. The number of rotatable bonds is 5. The average Bonchev–Trinajstić information content (AvgIpc) is 2.40. The van der Waals surface area contributed by atoms with E-state index in [1.54, 1.807) is 0 Å². The van der Waals surface area contributed by atoms with Crippen molar-refractivity contribution in [3.63, 3.8) is 0 Å². The second-order valence-electron chi connectivity index (χ2n) is 4.02. The molecule has 0 fully saturated rings. The van der Waals surface area contributed by atoms with E-state index in [9.17, 15) is 5.11 Å². The summed E-state index contributed by atoms with van der Waals surface area (Å²) in [6, 6.07) is 18.3. The van der Waals surface area contributed by atoms with E-state index in [2.05, 4.69) is 17.4 Å². The molecule has 0 unspecified atom stereocenters. The molecule has 2 N–H and O–H groups in total. The first kappa shape index (κ1) is 14.7. The van der Waals surface area contributed by atoms with Crippen LogP contribution in [0.4, 0.5) is 0 Å². The topological polar surface area (TPSA) is 32.3 Å². The highest BCUT2D eigenvalue weighted by Gasteiger charge is 1.99. The Morgan fingerprint density at radius 3 is 2.06 bits per heavy atom. The minimum atomic E-state index is 0. The largest absolute Gasteiger partial charge is 1.00 e. The summed E-state index contributed by atoms with van der Waals surface area (Å²) >= 11 is 0. The van der Waals surface area contributed by atoms with Crippen molar-refractivity contribution < 1.29 is 17.5 Å². The summed E-state index contributed by atoms with van der Waals surface area (Å²) in [5.41, 5.74) is 3.42. The first-order chi connectivity index (χ1) is 8.40. The molecule has 0 saturated heterocycles. The van der Waals surface area contributed by atoms with Gasteiger partial charge in [-0.2, -0.15) is 0 Å². The van der Waals surface area contributed by atoms with Crippen molar-refractivity contribution in [3.05, 3.63) is 71.3 Å². The van der Waals surface area contributed by atoms with E-state index in [4.69, 9.17) is 0 Å².